The van der Waals surface area contributed by atoms with Crippen LogP contribution in [0.25, 0.3) is 0 Å². The van der Waals surface area contributed by atoms with E-state index in [1.54, 1.807) is 30.3 Å². The zero-order valence-electron chi connectivity index (χ0n) is 20.5. The van der Waals surface area contributed by atoms with E-state index in [9.17, 15) is 19.2 Å². The van der Waals surface area contributed by atoms with Gasteiger partial charge in [-0.1, -0.05) is 43.9 Å². The van der Waals surface area contributed by atoms with Gasteiger partial charge >= 0.3 is 18.0 Å². The third-order valence-electron chi connectivity index (χ3n) is 4.47. The van der Waals surface area contributed by atoms with E-state index in [-0.39, 0.29) is 6.54 Å². The molecule has 0 radical (unpaired) electrons. The van der Waals surface area contributed by atoms with Gasteiger partial charge in [0.15, 0.2) is 0 Å². The number of esters is 1. The summed E-state index contributed by atoms with van der Waals surface area (Å²) in [5.74, 6) is -1.95. The van der Waals surface area contributed by atoms with Crippen molar-refractivity contribution >= 4 is 23.9 Å². The van der Waals surface area contributed by atoms with E-state index in [4.69, 9.17) is 9.57 Å². The number of ether oxygens (including phenoxy) is 2. The molecule has 0 atom stereocenters. The van der Waals surface area contributed by atoms with Gasteiger partial charge in [0, 0.05) is 18.7 Å². The second-order valence-corrected chi connectivity index (χ2v) is 8.59. The van der Waals surface area contributed by atoms with Crippen molar-refractivity contribution in [1.29, 1.82) is 0 Å². The highest BCUT2D eigenvalue weighted by atomic mass is 16.7. The first kappa shape index (κ1) is 28.7. The average Bonchev–Trinajstić information content (AvgIpc) is 2.79. The van der Waals surface area contributed by atoms with Crippen LogP contribution >= 0.6 is 0 Å². The Morgan fingerprint density at radius 1 is 0.912 bits per heavy atom. The number of methoxy groups -OCH3 is 1. The van der Waals surface area contributed by atoms with Crippen molar-refractivity contribution in [1.82, 2.24) is 10.4 Å². The summed E-state index contributed by atoms with van der Waals surface area (Å²) in [5, 5.41) is 3.69. The molecule has 9 heteroatoms. The molecule has 0 aromatic heterocycles. The lowest BCUT2D eigenvalue weighted by molar-refractivity contribution is -0.162. The van der Waals surface area contributed by atoms with Crippen molar-refractivity contribution in [2.45, 2.75) is 64.9 Å². The number of benzene rings is 1. The summed E-state index contributed by atoms with van der Waals surface area (Å²) >= 11 is 0. The summed E-state index contributed by atoms with van der Waals surface area (Å²) in [4.78, 5) is 52.9. The van der Waals surface area contributed by atoms with Crippen molar-refractivity contribution in [2.24, 2.45) is 0 Å². The topological polar surface area (TPSA) is 111 Å². The van der Waals surface area contributed by atoms with Gasteiger partial charge in [0.25, 0.3) is 5.91 Å². The van der Waals surface area contributed by atoms with Gasteiger partial charge in [0.2, 0.25) is 0 Å². The fraction of sp³-hybridized carbons (Fsp3) is 0.520. The SMILES string of the molecule is COC(=O)/C=C/C(=O)N(CCCCCCCCNC(=O)OC(C)(C)C)OC(=O)c1ccccc1. The van der Waals surface area contributed by atoms with E-state index in [0.717, 1.165) is 49.3 Å². The van der Waals surface area contributed by atoms with Crippen LogP contribution in [0, 0.1) is 0 Å². The van der Waals surface area contributed by atoms with Crippen molar-refractivity contribution in [2.75, 3.05) is 20.2 Å². The summed E-state index contributed by atoms with van der Waals surface area (Å²) in [7, 11) is 1.21. The van der Waals surface area contributed by atoms with Crippen molar-refractivity contribution in [3.05, 3.63) is 48.0 Å². The van der Waals surface area contributed by atoms with Gasteiger partial charge < -0.3 is 19.6 Å². The van der Waals surface area contributed by atoms with E-state index < -0.39 is 29.5 Å². The Morgan fingerprint density at radius 3 is 2.15 bits per heavy atom. The zero-order valence-corrected chi connectivity index (χ0v) is 20.5. The van der Waals surface area contributed by atoms with Gasteiger partial charge in [-0.3, -0.25) is 4.79 Å². The minimum atomic E-state index is -0.677. The highest BCUT2D eigenvalue weighted by molar-refractivity contribution is 5.95. The molecule has 0 fully saturated rings. The Kier molecular flexibility index (Phi) is 13.0. The molecule has 0 saturated heterocycles. The zero-order chi connectivity index (χ0) is 25.4. The monoisotopic (exact) mass is 476 g/mol. The molecule has 0 bridgehead atoms. The molecule has 0 aliphatic heterocycles. The summed E-state index contributed by atoms with van der Waals surface area (Å²) in [5.41, 5.74) is -0.193. The van der Waals surface area contributed by atoms with E-state index >= 15 is 0 Å². The number of carbonyl (C=O) groups excluding carboxylic acids is 4. The van der Waals surface area contributed by atoms with Crippen LogP contribution in [0.15, 0.2) is 42.5 Å². The van der Waals surface area contributed by atoms with Crippen molar-refractivity contribution in [3.63, 3.8) is 0 Å². The molecular formula is C25H36N2O7. The molecule has 188 valence electrons. The number of carbonyl (C=O) groups is 4. The minimum absolute atomic E-state index is 0.198. The number of hydrogen-bond acceptors (Lipinski definition) is 7. The summed E-state index contributed by atoms with van der Waals surface area (Å²) in [6, 6.07) is 8.35. The van der Waals surface area contributed by atoms with Gasteiger partial charge in [-0.15, -0.1) is 0 Å². The van der Waals surface area contributed by atoms with Crippen LogP contribution in [0.5, 0.6) is 0 Å². The number of unbranched alkanes of at least 4 members (excludes halogenated alkanes) is 5. The quantitative estimate of drug-likeness (QED) is 0.208. The van der Waals surface area contributed by atoms with Crippen LogP contribution in [0.4, 0.5) is 4.79 Å². The van der Waals surface area contributed by atoms with Crippen LogP contribution in [0.1, 0.15) is 69.7 Å². The maximum atomic E-state index is 12.4. The number of hydroxylamine groups is 2. The molecule has 0 aliphatic carbocycles. The molecule has 0 heterocycles. The lowest BCUT2D eigenvalue weighted by Gasteiger charge is -2.20. The number of rotatable bonds is 12. The largest absolute Gasteiger partial charge is 0.466 e. The Labute approximate surface area is 201 Å². The smallest absolute Gasteiger partial charge is 0.407 e. The van der Waals surface area contributed by atoms with Crippen LogP contribution in [-0.2, 0) is 23.9 Å². The standard InChI is InChI=1S/C25H36N2O7/c1-25(2,3)33-24(31)26-18-12-7-5-6-8-13-19-27(21(28)16-17-22(29)32-4)34-23(30)20-14-10-9-11-15-20/h9-11,14-17H,5-8,12-13,18-19H2,1-4H3,(H,26,31)/b17-16+. The molecule has 0 unspecified atom stereocenters. The first-order chi connectivity index (χ1) is 16.1. The van der Waals surface area contributed by atoms with Crippen LogP contribution in [0.2, 0.25) is 0 Å². The molecule has 0 spiro atoms. The summed E-state index contributed by atoms with van der Waals surface area (Å²) in [6.45, 7) is 6.21. The van der Waals surface area contributed by atoms with Gasteiger partial charge in [-0.2, -0.15) is 5.06 Å². The van der Waals surface area contributed by atoms with E-state index in [1.165, 1.54) is 7.11 Å². The molecule has 1 N–H and O–H groups in total. The second kappa shape index (κ2) is 15.5. The van der Waals surface area contributed by atoms with E-state index in [2.05, 4.69) is 10.1 Å². The molecule has 2 amide bonds. The van der Waals surface area contributed by atoms with E-state index in [0.29, 0.717) is 18.5 Å². The Bertz CT molecular complexity index is 816. The number of nitrogens with zero attached hydrogens (tertiary/aromatic N) is 1. The van der Waals surface area contributed by atoms with E-state index in [1.807, 2.05) is 20.8 Å². The minimum Gasteiger partial charge on any atom is -0.466 e. The fourth-order valence-corrected chi connectivity index (χ4v) is 2.81. The Hall–Kier alpha value is -3.36. The van der Waals surface area contributed by atoms with Crippen LogP contribution in [-0.4, -0.2) is 54.8 Å². The lowest BCUT2D eigenvalue weighted by atomic mass is 10.1. The molecule has 0 aliphatic rings. The van der Waals surface area contributed by atoms with Crippen LogP contribution in [0.3, 0.4) is 0 Å². The third kappa shape index (κ3) is 13.2. The third-order valence-corrected chi connectivity index (χ3v) is 4.47. The molecule has 1 aromatic rings. The van der Waals surface area contributed by atoms with Gasteiger partial charge in [0.1, 0.15) is 5.60 Å². The second-order valence-electron chi connectivity index (χ2n) is 8.59. The molecule has 9 nitrogen and oxygen atoms in total. The molecular weight excluding hydrogens is 440 g/mol. The highest BCUT2D eigenvalue weighted by Crippen LogP contribution is 2.10. The Morgan fingerprint density at radius 2 is 1.53 bits per heavy atom. The predicted octanol–water partition coefficient (Wildman–Crippen LogP) is 4.18. The maximum Gasteiger partial charge on any atom is 0.407 e. The van der Waals surface area contributed by atoms with Gasteiger partial charge in [-0.05, 0) is 45.7 Å². The number of hydrogen-bond donors (Lipinski definition) is 1. The normalized spacial score (nSPS) is 11.1. The number of alkyl carbamates (subject to hydrolysis) is 1. The molecule has 34 heavy (non-hydrogen) atoms. The van der Waals surface area contributed by atoms with Gasteiger partial charge in [0.05, 0.1) is 19.2 Å². The van der Waals surface area contributed by atoms with Crippen molar-refractivity contribution < 1.29 is 33.5 Å². The van der Waals surface area contributed by atoms with Gasteiger partial charge in [-0.25, -0.2) is 14.4 Å². The molecule has 1 aromatic carbocycles. The fourth-order valence-electron chi connectivity index (χ4n) is 2.81. The molecule has 1 rings (SSSR count). The lowest BCUT2D eigenvalue weighted by Crippen LogP contribution is -2.33. The predicted molar refractivity (Wildman–Crippen MR) is 127 cm³/mol. The number of nitrogens with one attached hydrogen (secondary N) is 1. The highest BCUT2D eigenvalue weighted by Gasteiger charge is 2.18. The summed E-state index contributed by atoms with van der Waals surface area (Å²) < 4.78 is 9.67. The average molecular weight is 477 g/mol. The van der Waals surface area contributed by atoms with Crippen LogP contribution < -0.4 is 5.32 Å². The maximum absolute atomic E-state index is 12.4. The summed E-state index contributed by atoms with van der Waals surface area (Å²) in [6.07, 6.45) is 6.72. The number of amides is 2. The molecule has 0 saturated carbocycles. The first-order valence-electron chi connectivity index (χ1n) is 11.4. The first-order valence-corrected chi connectivity index (χ1v) is 11.4. The van der Waals surface area contributed by atoms with Crippen molar-refractivity contribution in [3.8, 4) is 0 Å². The Balaban J connectivity index is 2.38.